The summed E-state index contributed by atoms with van der Waals surface area (Å²) in [4.78, 5) is 2.43. The molecule has 1 saturated heterocycles. The summed E-state index contributed by atoms with van der Waals surface area (Å²) in [5.74, 6) is 1.55. The highest BCUT2D eigenvalue weighted by molar-refractivity contribution is 5.43. The highest BCUT2D eigenvalue weighted by atomic mass is 16.5. The molecule has 1 fully saturated rings. The molecule has 1 heterocycles. The van der Waals surface area contributed by atoms with Crippen LogP contribution in [0.25, 0.3) is 0 Å². The van der Waals surface area contributed by atoms with Gasteiger partial charge in [-0.2, -0.15) is 0 Å². The van der Waals surface area contributed by atoms with Crippen LogP contribution in [0.5, 0.6) is 11.5 Å². The van der Waals surface area contributed by atoms with E-state index in [4.69, 9.17) is 9.47 Å². The van der Waals surface area contributed by atoms with Crippen molar-refractivity contribution in [2.45, 2.75) is 25.9 Å². The van der Waals surface area contributed by atoms with Gasteiger partial charge >= 0.3 is 0 Å². The summed E-state index contributed by atoms with van der Waals surface area (Å²) in [5.41, 5.74) is 0.884. The van der Waals surface area contributed by atoms with Crippen LogP contribution < -0.4 is 9.47 Å². The first-order chi connectivity index (χ1) is 9.65. The van der Waals surface area contributed by atoms with Crippen molar-refractivity contribution in [2.24, 2.45) is 5.92 Å². The second kappa shape index (κ2) is 6.95. The van der Waals surface area contributed by atoms with E-state index in [0.717, 1.165) is 25.2 Å². The van der Waals surface area contributed by atoms with Crippen LogP contribution >= 0.6 is 0 Å². The first kappa shape index (κ1) is 15.1. The van der Waals surface area contributed by atoms with Crippen molar-refractivity contribution in [1.82, 2.24) is 4.90 Å². The SMILES string of the molecule is COc1ccc(C(O)C(C)CN2CCCC2)cc1OC. The maximum absolute atomic E-state index is 10.5. The average molecular weight is 279 g/mol. The van der Waals surface area contributed by atoms with Crippen molar-refractivity contribution in [2.75, 3.05) is 33.9 Å². The van der Waals surface area contributed by atoms with E-state index in [-0.39, 0.29) is 5.92 Å². The van der Waals surface area contributed by atoms with Crippen molar-refractivity contribution < 1.29 is 14.6 Å². The summed E-state index contributed by atoms with van der Waals surface area (Å²) in [6.07, 6.45) is 2.08. The fraction of sp³-hybridized carbons (Fsp3) is 0.625. The zero-order valence-electron chi connectivity index (χ0n) is 12.6. The molecule has 112 valence electrons. The summed E-state index contributed by atoms with van der Waals surface area (Å²) >= 11 is 0. The highest BCUT2D eigenvalue weighted by Gasteiger charge is 2.22. The van der Waals surface area contributed by atoms with E-state index in [1.165, 1.54) is 12.8 Å². The van der Waals surface area contributed by atoms with Gasteiger partial charge in [-0.15, -0.1) is 0 Å². The summed E-state index contributed by atoms with van der Waals surface area (Å²) < 4.78 is 10.5. The number of benzene rings is 1. The Balaban J connectivity index is 2.05. The molecular weight excluding hydrogens is 254 g/mol. The van der Waals surface area contributed by atoms with Crippen LogP contribution in [0.1, 0.15) is 31.4 Å². The lowest BCUT2D eigenvalue weighted by molar-refractivity contribution is 0.0943. The molecule has 2 unspecified atom stereocenters. The van der Waals surface area contributed by atoms with Gasteiger partial charge in [0.2, 0.25) is 0 Å². The molecule has 0 amide bonds. The molecule has 0 bridgehead atoms. The molecule has 4 nitrogen and oxygen atoms in total. The Kier molecular flexibility index (Phi) is 5.26. The Labute approximate surface area is 121 Å². The molecule has 0 spiro atoms. The molecule has 1 aliphatic heterocycles. The molecule has 0 radical (unpaired) electrons. The van der Waals surface area contributed by atoms with Crippen molar-refractivity contribution in [1.29, 1.82) is 0 Å². The van der Waals surface area contributed by atoms with E-state index in [0.29, 0.717) is 11.5 Å². The Hall–Kier alpha value is -1.26. The zero-order chi connectivity index (χ0) is 14.5. The van der Waals surface area contributed by atoms with Gasteiger partial charge in [-0.05, 0) is 49.5 Å². The van der Waals surface area contributed by atoms with E-state index in [9.17, 15) is 5.11 Å². The van der Waals surface area contributed by atoms with Crippen molar-refractivity contribution in [3.63, 3.8) is 0 Å². The van der Waals surface area contributed by atoms with E-state index in [1.54, 1.807) is 14.2 Å². The molecule has 1 aliphatic rings. The van der Waals surface area contributed by atoms with Gasteiger partial charge in [0.15, 0.2) is 11.5 Å². The summed E-state index contributed by atoms with van der Waals surface area (Å²) in [6, 6.07) is 5.62. The third-order valence-corrected chi connectivity index (χ3v) is 4.03. The first-order valence-electron chi connectivity index (χ1n) is 7.28. The molecule has 0 aromatic heterocycles. The Morgan fingerprint density at radius 2 is 1.80 bits per heavy atom. The molecule has 2 atom stereocenters. The summed E-state index contributed by atoms with van der Waals surface area (Å²) in [5, 5.41) is 10.5. The molecule has 4 heteroatoms. The third-order valence-electron chi connectivity index (χ3n) is 4.03. The maximum Gasteiger partial charge on any atom is 0.161 e. The average Bonchev–Trinajstić information content (AvgIpc) is 2.98. The van der Waals surface area contributed by atoms with Crippen LogP contribution in [-0.2, 0) is 0 Å². The fourth-order valence-electron chi connectivity index (χ4n) is 2.84. The van der Waals surface area contributed by atoms with E-state index in [1.807, 2.05) is 18.2 Å². The minimum absolute atomic E-state index is 0.200. The van der Waals surface area contributed by atoms with Crippen LogP contribution in [-0.4, -0.2) is 43.9 Å². The number of ether oxygens (including phenoxy) is 2. The van der Waals surface area contributed by atoms with Gasteiger partial charge in [-0.25, -0.2) is 0 Å². The monoisotopic (exact) mass is 279 g/mol. The Morgan fingerprint density at radius 1 is 1.15 bits per heavy atom. The summed E-state index contributed by atoms with van der Waals surface area (Å²) in [6.45, 7) is 5.35. The first-order valence-corrected chi connectivity index (χ1v) is 7.28. The number of likely N-dealkylation sites (tertiary alicyclic amines) is 1. The van der Waals surface area contributed by atoms with Crippen LogP contribution in [0.4, 0.5) is 0 Å². The maximum atomic E-state index is 10.5. The number of nitrogens with zero attached hydrogens (tertiary/aromatic N) is 1. The van der Waals surface area contributed by atoms with Gasteiger partial charge in [0.05, 0.1) is 20.3 Å². The standard InChI is InChI=1S/C16H25NO3/c1-12(11-17-8-4-5-9-17)16(18)13-6-7-14(19-2)15(10-13)20-3/h6-7,10,12,16,18H,4-5,8-9,11H2,1-3H3. The molecule has 0 aliphatic carbocycles. The highest BCUT2D eigenvalue weighted by Crippen LogP contribution is 2.32. The van der Waals surface area contributed by atoms with Crippen molar-refractivity contribution >= 4 is 0 Å². The van der Waals surface area contributed by atoms with Gasteiger partial charge in [0.25, 0.3) is 0 Å². The van der Waals surface area contributed by atoms with E-state index in [2.05, 4.69) is 11.8 Å². The normalized spacial score (nSPS) is 18.8. The number of aliphatic hydroxyl groups excluding tert-OH is 1. The van der Waals surface area contributed by atoms with E-state index < -0.39 is 6.10 Å². The van der Waals surface area contributed by atoms with E-state index >= 15 is 0 Å². The smallest absolute Gasteiger partial charge is 0.161 e. The number of hydrogen-bond acceptors (Lipinski definition) is 4. The fourth-order valence-corrected chi connectivity index (χ4v) is 2.84. The second-order valence-corrected chi connectivity index (χ2v) is 5.54. The van der Waals surface area contributed by atoms with Gasteiger partial charge in [-0.1, -0.05) is 13.0 Å². The predicted molar refractivity (Wildman–Crippen MR) is 79.3 cm³/mol. The minimum atomic E-state index is -0.476. The van der Waals surface area contributed by atoms with Crippen LogP contribution in [0.15, 0.2) is 18.2 Å². The lowest BCUT2D eigenvalue weighted by Crippen LogP contribution is -2.28. The van der Waals surface area contributed by atoms with Crippen LogP contribution in [0.2, 0.25) is 0 Å². The molecule has 20 heavy (non-hydrogen) atoms. The Morgan fingerprint density at radius 3 is 2.40 bits per heavy atom. The topological polar surface area (TPSA) is 41.9 Å². The lowest BCUT2D eigenvalue weighted by Gasteiger charge is -2.25. The van der Waals surface area contributed by atoms with Crippen molar-refractivity contribution in [3.05, 3.63) is 23.8 Å². The van der Waals surface area contributed by atoms with Crippen LogP contribution in [0.3, 0.4) is 0 Å². The lowest BCUT2D eigenvalue weighted by atomic mass is 9.96. The quantitative estimate of drug-likeness (QED) is 0.868. The third kappa shape index (κ3) is 3.44. The minimum Gasteiger partial charge on any atom is -0.493 e. The Bertz CT molecular complexity index is 430. The molecule has 0 saturated carbocycles. The van der Waals surface area contributed by atoms with Gasteiger partial charge in [0, 0.05) is 6.54 Å². The summed E-state index contributed by atoms with van der Waals surface area (Å²) in [7, 11) is 3.23. The van der Waals surface area contributed by atoms with Gasteiger partial charge in [0.1, 0.15) is 0 Å². The largest absolute Gasteiger partial charge is 0.493 e. The number of methoxy groups -OCH3 is 2. The van der Waals surface area contributed by atoms with Crippen molar-refractivity contribution in [3.8, 4) is 11.5 Å². The number of rotatable bonds is 6. The van der Waals surface area contributed by atoms with Crippen LogP contribution in [0, 0.1) is 5.92 Å². The number of hydrogen-bond donors (Lipinski definition) is 1. The molecule has 2 rings (SSSR count). The predicted octanol–water partition coefficient (Wildman–Crippen LogP) is 2.47. The number of aliphatic hydroxyl groups is 1. The zero-order valence-corrected chi connectivity index (χ0v) is 12.6. The van der Waals surface area contributed by atoms with Gasteiger partial charge in [-0.3, -0.25) is 0 Å². The molecule has 1 aromatic carbocycles. The molecule has 1 N–H and O–H groups in total. The second-order valence-electron chi connectivity index (χ2n) is 5.54. The molecular formula is C16H25NO3. The van der Waals surface area contributed by atoms with Gasteiger partial charge < -0.3 is 19.5 Å². The molecule has 1 aromatic rings.